The van der Waals surface area contributed by atoms with E-state index in [1.807, 2.05) is 29.2 Å². The minimum absolute atomic E-state index is 0. The van der Waals surface area contributed by atoms with Gasteiger partial charge < -0.3 is 19.7 Å². The van der Waals surface area contributed by atoms with E-state index in [9.17, 15) is 4.79 Å². The van der Waals surface area contributed by atoms with Crippen LogP contribution in [0.15, 0.2) is 24.3 Å². The summed E-state index contributed by atoms with van der Waals surface area (Å²) in [6, 6.07) is 8.12. The van der Waals surface area contributed by atoms with Crippen molar-refractivity contribution < 1.29 is 14.3 Å². The number of hydrogen-bond acceptors (Lipinski definition) is 4. The Balaban J connectivity index is 0.00000208. The lowest BCUT2D eigenvalue weighted by atomic mass is 10.1. The van der Waals surface area contributed by atoms with Crippen LogP contribution in [0.4, 0.5) is 5.69 Å². The Morgan fingerprint density at radius 3 is 2.62 bits per heavy atom. The van der Waals surface area contributed by atoms with Crippen molar-refractivity contribution >= 4 is 24.0 Å². The molecular formula is C18H27ClN2O3. The van der Waals surface area contributed by atoms with Crippen LogP contribution in [0, 0.1) is 5.92 Å². The summed E-state index contributed by atoms with van der Waals surface area (Å²) in [7, 11) is 1.65. The maximum atomic E-state index is 12.9. The number of ether oxygens (including phenoxy) is 2. The zero-order valence-electron chi connectivity index (χ0n) is 14.4. The first kappa shape index (κ1) is 19.0. The molecule has 2 atom stereocenters. The first-order valence-corrected chi connectivity index (χ1v) is 8.46. The van der Waals surface area contributed by atoms with Crippen LogP contribution in [0.1, 0.15) is 26.2 Å². The molecule has 1 saturated heterocycles. The van der Waals surface area contributed by atoms with E-state index in [1.165, 1.54) is 12.8 Å². The summed E-state index contributed by atoms with van der Waals surface area (Å²) in [5.74, 6) is 1.59. The number of nitrogens with zero attached hydrogens (tertiary/aromatic N) is 1. The predicted molar refractivity (Wildman–Crippen MR) is 97.1 cm³/mol. The standard InChI is InChI=1S/C18H26N2O3.ClH/c1-13(14-3-4-14)20(16-5-7-17(22-2)8-6-16)18(21)11-15-12-23-10-9-19-15;/h5-8,13-15,19H,3-4,9-12H2,1-2H3;1H. The molecule has 24 heavy (non-hydrogen) atoms. The minimum Gasteiger partial charge on any atom is -0.497 e. The average molecular weight is 355 g/mol. The summed E-state index contributed by atoms with van der Waals surface area (Å²) in [5.41, 5.74) is 0.951. The van der Waals surface area contributed by atoms with Gasteiger partial charge in [-0.25, -0.2) is 0 Å². The molecule has 1 aliphatic carbocycles. The molecule has 1 aromatic carbocycles. The number of rotatable bonds is 6. The van der Waals surface area contributed by atoms with E-state index < -0.39 is 0 Å². The highest BCUT2D eigenvalue weighted by molar-refractivity contribution is 5.94. The van der Waals surface area contributed by atoms with Crippen LogP contribution in [0.25, 0.3) is 0 Å². The van der Waals surface area contributed by atoms with Crippen LogP contribution in [-0.2, 0) is 9.53 Å². The van der Waals surface area contributed by atoms with Crippen molar-refractivity contribution in [2.24, 2.45) is 5.92 Å². The fraction of sp³-hybridized carbons (Fsp3) is 0.611. The van der Waals surface area contributed by atoms with Gasteiger partial charge >= 0.3 is 0 Å². The number of carbonyl (C=O) groups is 1. The van der Waals surface area contributed by atoms with Crippen LogP contribution in [-0.4, -0.2) is 44.9 Å². The second kappa shape index (κ2) is 8.70. The number of methoxy groups -OCH3 is 1. The Morgan fingerprint density at radius 1 is 1.38 bits per heavy atom. The van der Waals surface area contributed by atoms with Gasteiger partial charge in [0.25, 0.3) is 0 Å². The highest BCUT2D eigenvalue weighted by Crippen LogP contribution is 2.37. The van der Waals surface area contributed by atoms with Crippen LogP contribution >= 0.6 is 12.4 Å². The number of halogens is 1. The largest absolute Gasteiger partial charge is 0.497 e. The normalized spacial score (nSPS) is 21.5. The third kappa shape index (κ3) is 4.62. The molecule has 5 nitrogen and oxygen atoms in total. The van der Waals surface area contributed by atoms with Crippen molar-refractivity contribution in [1.82, 2.24) is 5.32 Å². The van der Waals surface area contributed by atoms with Crippen LogP contribution in [0.5, 0.6) is 5.75 Å². The SMILES string of the molecule is COc1ccc(N(C(=O)CC2COCCN2)C(C)C2CC2)cc1.Cl. The Bertz CT molecular complexity index is 528. The molecule has 1 heterocycles. The highest BCUT2D eigenvalue weighted by atomic mass is 35.5. The maximum Gasteiger partial charge on any atom is 0.228 e. The smallest absolute Gasteiger partial charge is 0.228 e. The summed E-state index contributed by atoms with van der Waals surface area (Å²) in [4.78, 5) is 14.9. The van der Waals surface area contributed by atoms with Crippen LogP contribution < -0.4 is 15.0 Å². The van der Waals surface area contributed by atoms with E-state index >= 15 is 0 Å². The minimum atomic E-state index is 0. The van der Waals surface area contributed by atoms with E-state index in [1.54, 1.807) is 7.11 Å². The van der Waals surface area contributed by atoms with Gasteiger partial charge in [-0.1, -0.05) is 0 Å². The number of nitrogens with one attached hydrogen (secondary N) is 1. The third-order valence-corrected chi connectivity index (χ3v) is 4.75. The number of benzene rings is 1. The Morgan fingerprint density at radius 2 is 2.08 bits per heavy atom. The topological polar surface area (TPSA) is 50.8 Å². The predicted octanol–water partition coefficient (Wildman–Crippen LogP) is 2.63. The number of anilines is 1. The van der Waals surface area contributed by atoms with Gasteiger partial charge in [0.05, 0.1) is 20.3 Å². The molecule has 2 unspecified atom stereocenters. The van der Waals surface area contributed by atoms with E-state index in [0.29, 0.717) is 18.9 Å². The lowest BCUT2D eigenvalue weighted by Crippen LogP contribution is -2.47. The summed E-state index contributed by atoms with van der Waals surface area (Å²) in [6.07, 6.45) is 2.90. The Kier molecular flexibility index (Phi) is 6.90. The molecule has 0 aromatic heterocycles. The number of hydrogen-bond donors (Lipinski definition) is 1. The van der Waals surface area contributed by atoms with Crippen LogP contribution in [0.2, 0.25) is 0 Å². The fourth-order valence-electron chi connectivity index (χ4n) is 3.20. The number of morpholine rings is 1. The highest BCUT2D eigenvalue weighted by Gasteiger charge is 2.35. The molecule has 2 aliphatic rings. The number of amides is 1. The second-order valence-electron chi connectivity index (χ2n) is 6.47. The van der Waals surface area contributed by atoms with Gasteiger partial charge in [-0.2, -0.15) is 0 Å². The quantitative estimate of drug-likeness (QED) is 0.853. The summed E-state index contributed by atoms with van der Waals surface area (Å²) < 4.78 is 10.7. The molecule has 2 fully saturated rings. The second-order valence-corrected chi connectivity index (χ2v) is 6.47. The molecule has 0 spiro atoms. The molecular weight excluding hydrogens is 328 g/mol. The molecule has 0 radical (unpaired) electrons. The summed E-state index contributed by atoms with van der Waals surface area (Å²) in [5, 5.41) is 3.37. The average Bonchev–Trinajstić information content (AvgIpc) is 3.41. The monoisotopic (exact) mass is 354 g/mol. The Labute approximate surface area is 150 Å². The molecule has 1 amide bonds. The Hall–Kier alpha value is -1.30. The van der Waals surface area contributed by atoms with E-state index in [2.05, 4.69) is 12.2 Å². The first-order valence-electron chi connectivity index (χ1n) is 8.46. The molecule has 0 bridgehead atoms. The van der Waals surface area contributed by atoms with Gasteiger partial charge in [0.1, 0.15) is 5.75 Å². The summed E-state index contributed by atoms with van der Waals surface area (Å²) >= 11 is 0. The van der Waals surface area contributed by atoms with Gasteiger partial charge in [-0.15, -0.1) is 12.4 Å². The van der Waals surface area contributed by atoms with E-state index in [-0.39, 0.29) is 30.4 Å². The molecule has 1 aromatic rings. The van der Waals surface area contributed by atoms with Crippen LogP contribution in [0.3, 0.4) is 0 Å². The molecule has 1 aliphatic heterocycles. The van der Waals surface area contributed by atoms with Gasteiger partial charge in [-0.05, 0) is 49.9 Å². The van der Waals surface area contributed by atoms with Gasteiger partial charge in [0.2, 0.25) is 5.91 Å². The fourth-order valence-corrected chi connectivity index (χ4v) is 3.20. The van der Waals surface area contributed by atoms with Crippen molar-refractivity contribution in [2.45, 2.75) is 38.3 Å². The molecule has 6 heteroatoms. The zero-order valence-corrected chi connectivity index (χ0v) is 15.2. The van der Waals surface area contributed by atoms with Crippen molar-refractivity contribution in [2.75, 3.05) is 31.8 Å². The van der Waals surface area contributed by atoms with Crippen molar-refractivity contribution in [1.29, 1.82) is 0 Å². The van der Waals surface area contributed by atoms with E-state index in [0.717, 1.165) is 24.6 Å². The number of carbonyl (C=O) groups excluding carboxylic acids is 1. The molecule has 1 saturated carbocycles. The van der Waals surface area contributed by atoms with Crippen molar-refractivity contribution in [3.05, 3.63) is 24.3 Å². The van der Waals surface area contributed by atoms with E-state index in [4.69, 9.17) is 9.47 Å². The zero-order chi connectivity index (χ0) is 16.2. The van der Waals surface area contributed by atoms with Crippen molar-refractivity contribution in [3.63, 3.8) is 0 Å². The molecule has 1 N–H and O–H groups in total. The lowest BCUT2D eigenvalue weighted by molar-refractivity contribution is -0.120. The van der Waals surface area contributed by atoms with Crippen molar-refractivity contribution in [3.8, 4) is 5.75 Å². The van der Waals surface area contributed by atoms with Gasteiger partial charge in [0, 0.05) is 30.7 Å². The lowest BCUT2D eigenvalue weighted by Gasteiger charge is -2.32. The third-order valence-electron chi connectivity index (χ3n) is 4.75. The summed E-state index contributed by atoms with van der Waals surface area (Å²) in [6.45, 7) is 4.31. The van der Waals surface area contributed by atoms with Gasteiger partial charge in [-0.3, -0.25) is 4.79 Å². The van der Waals surface area contributed by atoms with Gasteiger partial charge in [0.15, 0.2) is 0 Å². The molecule has 3 rings (SSSR count). The molecule has 134 valence electrons. The first-order chi connectivity index (χ1) is 11.2. The maximum absolute atomic E-state index is 12.9.